The monoisotopic (exact) mass is 295 g/mol. The molecule has 108 valence electrons. The molecule has 0 aliphatic heterocycles. The number of sulfonamides is 1. The zero-order valence-corrected chi connectivity index (χ0v) is 12.4. The van der Waals surface area contributed by atoms with E-state index in [2.05, 4.69) is 14.9 Å². The topological polar surface area (TPSA) is 95.1 Å². The molecular formula is C13H17N3O3S. The maximum Gasteiger partial charge on any atom is 0.281 e. The first-order chi connectivity index (χ1) is 9.36. The van der Waals surface area contributed by atoms with Crippen molar-refractivity contribution in [3.05, 3.63) is 40.6 Å². The predicted octanol–water partition coefficient (Wildman–Crippen LogP) is 1.63. The molecule has 0 aliphatic rings. The van der Waals surface area contributed by atoms with Crippen LogP contribution in [-0.2, 0) is 16.6 Å². The van der Waals surface area contributed by atoms with Gasteiger partial charge in [0.25, 0.3) is 10.0 Å². The van der Waals surface area contributed by atoms with E-state index < -0.39 is 10.0 Å². The highest BCUT2D eigenvalue weighted by molar-refractivity contribution is 7.92. The molecule has 2 rings (SSSR count). The zero-order valence-electron chi connectivity index (χ0n) is 11.6. The summed E-state index contributed by atoms with van der Waals surface area (Å²) in [5, 5.41) is 15.4. The Bertz CT molecular complexity index is 735. The van der Waals surface area contributed by atoms with E-state index in [0.717, 1.165) is 11.1 Å². The smallest absolute Gasteiger partial charge is 0.281 e. The van der Waals surface area contributed by atoms with Gasteiger partial charge in [0.1, 0.15) is 0 Å². The Labute approximate surface area is 117 Å². The highest BCUT2D eigenvalue weighted by Gasteiger charge is 2.24. The molecular weight excluding hydrogens is 278 g/mol. The fraction of sp³-hybridized carbons (Fsp3) is 0.308. The van der Waals surface area contributed by atoms with Crippen LogP contribution in [0.25, 0.3) is 0 Å². The van der Waals surface area contributed by atoms with Crippen LogP contribution in [0.1, 0.15) is 22.4 Å². The van der Waals surface area contributed by atoms with Crippen LogP contribution in [0.4, 0.5) is 5.69 Å². The van der Waals surface area contributed by atoms with Gasteiger partial charge in [0.05, 0.1) is 12.3 Å². The third kappa shape index (κ3) is 2.54. The number of aromatic amines is 1. The van der Waals surface area contributed by atoms with Gasteiger partial charge in [0, 0.05) is 11.3 Å². The van der Waals surface area contributed by atoms with Gasteiger partial charge in [0.2, 0.25) is 5.03 Å². The highest BCUT2D eigenvalue weighted by Crippen LogP contribution is 2.23. The molecule has 0 aliphatic carbocycles. The second-order valence-corrected chi connectivity index (χ2v) is 6.24. The molecule has 0 atom stereocenters. The largest absolute Gasteiger partial charge is 0.392 e. The van der Waals surface area contributed by atoms with Crippen molar-refractivity contribution in [2.45, 2.75) is 32.4 Å². The summed E-state index contributed by atoms with van der Waals surface area (Å²) in [7, 11) is -3.83. The number of rotatable bonds is 4. The number of aryl methyl sites for hydroxylation is 2. The van der Waals surface area contributed by atoms with Crippen LogP contribution in [0.15, 0.2) is 23.2 Å². The van der Waals surface area contributed by atoms with Crippen LogP contribution in [0, 0.1) is 20.8 Å². The minimum Gasteiger partial charge on any atom is -0.392 e. The van der Waals surface area contributed by atoms with E-state index in [9.17, 15) is 13.5 Å². The average molecular weight is 295 g/mol. The van der Waals surface area contributed by atoms with Crippen LogP contribution in [-0.4, -0.2) is 23.7 Å². The van der Waals surface area contributed by atoms with Crippen molar-refractivity contribution in [2.75, 3.05) is 4.72 Å². The predicted molar refractivity (Wildman–Crippen MR) is 76.0 cm³/mol. The third-order valence-electron chi connectivity index (χ3n) is 3.30. The molecule has 0 spiro atoms. The third-order valence-corrected chi connectivity index (χ3v) is 4.63. The Kier molecular flexibility index (Phi) is 3.82. The minimum absolute atomic E-state index is 0.168. The average Bonchev–Trinajstić information content (AvgIpc) is 2.76. The summed E-state index contributed by atoms with van der Waals surface area (Å²) >= 11 is 0. The van der Waals surface area contributed by atoms with Gasteiger partial charge in [-0.1, -0.05) is 12.1 Å². The van der Waals surface area contributed by atoms with E-state index in [1.807, 2.05) is 19.9 Å². The van der Waals surface area contributed by atoms with Gasteiger partial charge in [-0.05, 0) is 38.0 Å². The summed E-state index contributed by atoms with van der Waals surface area (Å²) in [6, 6.07) is 5.38. The molecule has 2 aromatic rings. The van der Waals surface area contributed by atoms with E-state index in [0.29, 0.717) is 11.4 Å². The highest BCUT2D eigenvalue weighted by atomic mass is 32.2. The van der Waals surface area contributed by atoms with E-state index in [4.69, 9.17) is 0 Å². The summed E-state index contributed by atoms with van der Waals surface area (Å²) in [6.07, 6.45) is 0. The molecule has 0 bridgehead atoms. The molecule has 7 heteroatoms. The Morgan fingerprint density at radius 3 is 2.65 bits per heavy atom. The number of benzene rings is 1. The van der Waals surface area contributed by atoms with Gasteiger partial charge in [-0.3, -0.25) is 9.82 Å². The molecule has 0 fully saturated rings. The maximum atomic E-state index is 12.4. The number of hydrogen-bond donors (Lipinski definition) is 3. The lowest BCUT2D eigenvalue weighted by molar-refractivity contribution is 0.277. The summed E-state index contributed by atoms with van der Waals surface area (Å²) in [5.41, 5.74) is 3.17. The van der Waals surface area contributed by atoms with Gasteiger partial charge in [-0.15, -0.1) is 0 Å². The number of aromatic nitrogens is 2. The van der Waals surface area contributed by atoms with Crippen molar-refractivity contribution in [3.63, 3.8) is 0 Å². The number of anilines is 1. The number of aliphatic hydroxyl groups is 1. The molecule has 20 heavy (non-hydrogen) atoms. The maximum absolute atomic E-state index is 12.4. The fourth-order valence-electron chi connectivity index (χ4n) is 1.89. The summed E-state index contributed by atoms with van der Waals surface area (Å²) in [6.45, 7) is 5.03. The lowest BCUT2D eigenvalue weighted by Gasteiger charge is -2.11. The standard InChI is InChI=1S/C13H17N3O3S/c1-8-5-4-6-12(9(8)2)16-20(18,19)13-11(7-17)10(3)14-15-13/h4-6,16-17H,7H2,1-3H3,(H,14,15). The Hall–Kier alpha value is -1.86. The molecule has 0 radical (unpaired) electrons. The van der Waals surface area contributed by atoms with E-state index in [1.54, 1.807) is 19.1 Å². The lowest BCUT2D eigenvalue weighted by atomic mass is 10.1. The van der Waals surface area contributed by atoms with Crippen LogP contribution >= 0.6 is 0 Å². The molecule has 0 amide bonds. The van der Waals surface area contributed by atoms with Gasteiger partial charge >= 0.3 is 0 Å². The summed E-state index contributed by atoms with van der Waals surface area (Å²) < 4.78 is 27.2. The van der Waals surface area contributed by atoms with Gasteiger partial charge < -0.3 is 5.11 Å². The fourth-order valence-corrected chi connectivity index (χ4v) is 3.21. The number of H-pyrrole nitrogens is 1. The zero-order chi connectivity index (χ0) is 14.9. The lowest BCUT2D eigenvalue weighted by Crippen LogP contribution is -2.16. The second kappa shape index (κ2) is 5.26. The van der Waals surface area contributed by atoms with Gasteiger partial charge in [0.15, 0.2) is 0 Å². The van der Waals surface area contributed by atoms with Crippen molar-refractivity contribution in [1.29, 1.82) is 0 Å². The molecule has 6 nitrogen and oxygen atoms in total. The minimum atomic E-state index is -3.83. The van der Waals surface area contributed by atoms with Crippen molar-refractivity contribution < 1.29 is 13.5 Å². The molecule has 0 saturated heterocycles. The number of nitrogens with zero attached hydrogens (tertiary/aromatic N) is 1. The second-order valence-electron chi connectivity index (χ2n) is 4.64. The van der Waals surface area contributed by atoms with E-state index in [-0.39, 0.29) is 17.2 Å². The van der Waals surface area contributed by atoms with Crippen LogP contribution in [0.2, 0.25) is 0 Å². The van der Waals surface area contributed by atoms with Crippen LogP contribution in [0.3, 0.4) is 0 Å². The number of aliphatic hydroxyl groups excluding tert-OH is 1. The normalized spacial score (nSPS) is 11.6. The summed E-state index contributed by atoms with van der Waals surface area (Å²) in [5.74, 6) is 0. The van der Waals surface area contributed by atoms with Crippen LogP contribution < -0.4 is 4.72 Å². The van der Waals surface area contributed by atoms with Crippen molar-refractivity contribution in [1.82, 2.24) is 10.2 Å². The Morgan fingerprint density at radius 1 is 1.30 bits per heavy atom. The van der Waals surface area contributed by atoms with Gasteiger partial charge in [-0.25, -0.2) is 0 Å². The van der Waals surface area contributed by atoms with Gasteiger partial charge in [-0.2, -0.15) is 13.5 Å². The first kappa shape index (κ1) is 14.5. The van der Waals surface area contributed by atoms with E-state index in [1.165, 1.54) is 0 Å². The molecule has 0 unspecified atom stereocenters. The summed E-state index contributed by atoms with van der Waals surface area (Å²) in [4.78, 5) is 0. The Balaban J connectivity index is 2.44. The van der Waals surface area contributed by atoms with Crippen molar-refractivity contribution >= 4 is 15.7 Å². The first-order valence-corrected chi connectivity index (χ1v) is 7.59. The quantitative estimate of drug-likeness (QED) is 0.799. The first-order valence-electron chi connectivity index (χ1n) is 6.10. The van der Waals surface area contributed by atoms with Crippen LogP contribution in [0.5, 0.6) is 0 Å². The Morgan fingerprint density at radius 2 is 2.00 bits per heavy atom. The SMILES string of the molecule is Cc1cccc(NS(=O)(=O)c2n[nH]c(C)c2CO)c1C. The molecule has 1 heterocycles. The van der Waals surface area contributed by atoms with E-state index >= 15 is 0 Å². The number of nitrogens with one attached hydrogen (secondary N) is 2. The molecule has 1 aromatic carbocycles. The number of hydrogen-bond acceptors (Lipinski definition) is 4. The van der Waals surface area contributed by atoms with Crippen molar-refractivity contribution in [3.8, 4) is 0 Å². The molecule has 3 N–H and O–H groups in total. The van der Waals surface area contributed by atoms with Crippen molar-refractivity contribution in [2.24, 2.45) is 0 Å². The molecule has 0 saturated carbocycles. The molecule has 1 aromatic heterocycles.